The number of phenols is 1. The number of fused-ring (bicyclic) bond motifs is 2. The summed E-state index contributed by atoms with van der Waals surface area (Å²) in [5.41, 5.74) is 3.27. The third kappa shape index (κ3) is 3.19. The van der Waals surface area contributed by atoms with Crippen LogP contribution in [0, 0.1) is 0 Å². The molecule has 0 unspecified atom stereocenters. The Balaban J connectivity index is 1.69. The Morgan fingerprint density at radius 2 is 2.04 bits per heavy atom. The average molecular weight is 421 g/mol. The highest BCUT2D eigenvalue weighted by Gasteiger charge is 2.21. The van der Waals surface area contributed by atoms with Crippen LogP contribution >= 0.6 is 27.5 Å². The van der Waals surface area contributed by atoms with Crippen LogP contribution in [0.4, 0.5) is 0 Å². The number of phenolic OH excluding ortho intramolecular Hbond substituents is 1. The van der Waals surface area contributed by atoms with Crippen LogP contribution in [0.3, 0.4) is 0 Å². The number of aromatic hydroxyl groups is 1. The molecule has 0 amide bonds. The zero-order valence-electron chi connectivity index (χ0n) is 13.3. The molecule has 0 fully saturated rings. The molecule has 4 nitrogen and oxygen atoms in total. The molecular weight excluding hydrogens is 406 g/mol. The standard InChI is InChI=1S/C19H15BrClNO3/c20-16-3-4-17(21)15-10-22(6-5-14(15)16)9-11-7-19(24)25-18-8-12(23)1-2-13(11)18/h1-4,7-8,23H,5-6,9-10H2. The number of halogens is 2. The van der Waals surface area contributed by atoms with Crippen LogP contribution in [0.15, 0.2) is 50.1 Å². The van der Waals surface area contributed by atoms with Crippen molar-refractivity contribution in [3.05, 3.63) is 73.0 Å². The fraction of sp³-hybridized carbons (Fsp3) is 0.211. The summed E-state index contributed by atoms with van der Waals surface area (Å²) >= 11 is 9.98. The minimum Gasteiger partial charge on any atom is -0.508 e. The Morgan fingerprint density at radius 1 is 1.20 bits per heavy atom. The van der Waals surface area contributed by atoms with Gasteiger partial charge in [-0.05, 0) is 47.4 Å². The summed E-state index contributed by atoms with van der Waals surface area (Å²) in [4.78, 5) is 14.1. The van der Waals surface area contributed by atoms with Crippen molar-refractivity contribution in [2.75, 3.05) is 6.54 Å². The lowest BCUT2D eigenvalue weighted by molar-refractivity contribution is 0.245. The predicted molar refractivity (Wildman–Crippen MR) is 101 cm³/mol. The first kappa shape index (κ1) is 16.6. The number of benzene rings is 2. The van der Waals surface area contributed by atoms with Gasteiger partial charge in [-0.2, -0.15) is 0 Å². The van der Waals surface area contributed by atoms with Gasteiger partial charge >= 0.3 is 5.63 Å². The van der Waals surface area contributed by atoms with Gasteiger partial charge in [-0.3, -0.25) is 4.90 Å². The van der Waals surface area contributed by atoms with Crippen LogP contribution in [-0.4, -0.2) is 16.6 Å². The average Bonchev–Trinajstić information content (AvgIpc) is 2.58. The molecule has 1 aromatic heterocycles. The summed E-state index contributed by atoms with van der Waals surface area (Å²) < 4.78 is 6.29. The maximum Gasteiger partial charge on any atom is 0.336 e. The Morgan fingerprint density at radius 3 is 2.88 bits per heavy atom. The van der Waals surface area contributed by atoms with Crippen LogP contribution in [0.2, 0.25) is 5.02 Å². The summed E-state index contributed by atoms with van der Waals surface area (Å²) in [6, 6.07) is 10.3. The van der Waals surface area contributed by atoms with Gasteiger partial charge in [0, 0.05) is 46.6 Å². The zero-order valence-corrected chi connectivity index (χ0v) is 15.6. The summed E-state index contributed by atoms with van der Waals surface area (Å²) in [7, 11) is 0. The van der Waals surface area contributed by atoms with E-state index in [-0.39, 0.29) is 5.75 Å². The molecule has 6 heteroatoms. The van der Waals surface area contributed by atoms with Gasteiger partial charge in [-0.1, -0.05) is 27.5 Å². The molecule has 2 heterocycles. The molecule has 1 aliphatic rings. The fourth-order valence-electron chi connectivity index (χ4n) is 3.37. The van der Waals surface area contributed by atoms with Gasteiger partial charge < -0.3 is 9.52 Å². The van der Waals surface area contributed by atoms with Crippen LogP contribution in [-0.2, 0) is 19.5 Å². The molecule has 0 aliphatic carbocycles. The third-order valence-electron chi connectivity index (χ3n) is 4.58. The van der Waals surface area contributed by atoms with Crippen molar-refractivity contribution >= 4 is 38.5 Å². The fourth-order valence-corrected chi connectivity index (χ4v) is 4.18. The predicted octanol–water partition coefficient (Wildman–Crippen LogP) is 4.47. The first-order valence-corrected chi connectivity index (χ1v) is 9.12. The number of hydrogen-bond acceptors (Lipinski definition) is 4. The third-order valence-corrected chi connectivity index (χ3v) is 5.68. The van der Waals surface area contributed by atoms with E-state index in [0.29, 0.717) is 12.1 Å². The van der Waals surface area contributed by atoms with Crippen LogP contribution in [0.5, 0.6) is 5.75 Å². The van der Waals surface area contributed by atoms with E-state index < -0.39 is 5.63 Å². The number of nitrogens with zero attached hydrogens (tertiary/aromatic N) is 1. The van der Waals surface area contributed by atoms with Crippen molar-refractivity contribution in [3.8, 4) is 5.75 Å². The first-order chi connectivity index (χ1) is 12.0. The van der Waals surface area contributed by atoms with Crippen molar-refractivity contribution in [2.45, 2.75) is 19.5 Å². The molecule has 2 aromatic carbocycles. The van der Waals surface area contributed by atoms with E-state index in [9.17, 15) is 9.90 Å². The zero-order chi connectivity index (χ0) is 17.6. The van der Waals surface area contributed by atoms with E-state index in [1.54, 1.807) is 12.1 Å². The molecule has 0 bridgehead atoms. The Kier molecular flexibility index (Phi) is 4.31. The Hall–Kier alpha value is -1.82. The van der Waals surface area contributed by atoms with Crippen molar-refractivity contribution in [1.82, 2.24) is 4.90 Å². The molecule has 0 atom stereocenters. The van der Waals surface area contributed by atoms with Crippen molar-refractivity contribution in [1.29, 1.82) is 0 Å². The van der Waals surface area contributed by atoms with Gasteiger partial charge in [-0.25, -0.2) is 4.79 Å². The SMILES string of the molecule is O=c1cc(CN2CCc3c(Br)ccc(Cl)c3C2)c2ccc(O)cc2o1. The molecule has 128 valence electrons. The normalized spacial score (nSPS) is 14.6. The second kappa shape index (κ2) is 6.48. The topological polar surface area (TPSA) is 53.7 Å². The van der Waals surface area contributed by atoms with E-state index in [1.165, 1.54) is 17.7 Å². The maximum atomic E-state index is 11.9. The van der Waals surface area contributed by atoms with E-state index in [4.69, 9.17) is 16.0 Å². The highest BCUT2D eigenvalue weighted by molar-refractivity contribution is 9.10. The minimum atomic E-state index is -0.411. The van der Waals surface area contributed by atoms with E-state index in [1.807, 2.05) is 12.1 Å². The second-order valence-corrected chi connectivity index (χ2v) is 7.48. The highest BCUT2D eigenvalue weighted by Crippen LogP contribution is 2.33. The van der Waals surface area contributed by atoms with Gasteiger partial charge in [-0.15, -0.1) is 0 Å². The summed E-state index contributed by atoms with van der Waals surface area (Å²) in [5, 5.41) is 11.2. The molecule has 1 aliphatic heterocycles. The number of hydrogen-bond donors (Lipinski definition) is 1. The quantitative estimate of drug-likeness (QED) is 0.621. The van der Waals surface area contributed by atoms with Gasteiger partial charge in [0.1, 0.15) is 11.3 Å². The molecule has 1 N–H and O–H groups in total. The second-order valence-electron chi connectivity index (χ2n) is 6.22. The highest BCUT2D eigenvalue weighted by atomic mass is 79.9. The van der Waals surface area contributed by atoms with Crippen molar-refractivity contribution in [2.24, 2.45) is 0 Å². The lowest BCUT2D eigenvalue weighted by Gasteiger charge is -2.30. The van der Waals surface area contributed by atoms with E-state index >= 15 is 0 Å². The smallest absolute Gasteiger partial charge is 0.336 e. The summed E-state index contributed by atoms with van der Waals surface area (Å²) in [6.07, 6.45) is 0.899. The van der Waals surface area contributed by atoms with Gasteiger partial charge in [0.25, 0.3) is 0 Å². The van der Waals surface area contributed by atoms with Crippen molar-refractivity contribution in [3.63, 3.8) is 0 Å². The monoisotopic (exact) mass is 419 g/mol. The van der Waals surface area contributed by atoms with E-state index in [0.717, 1.165) is 45.5 Å². The molecule has 0 radical (unpaired) electrons. The lowest BCUT2D eigenvalue weighted by atomic mass is 9.99. The summed E-state index contributed by atoms with van der Waals surface area (Å²) in [5.74, 6) is 0.0799. The molecule has 3 aromatic rings. The molecular formula is C19H15BrClNO3. The number of rotatable bonds is 2. The van der Waals surface area contributed by atoms with E-state index in [2.05, 4.69) is 20.8 Å². The van der Waals surface area contributed by atoms with Crippen LogP contribution < -0.4 is 5.63 Å². The summed E-state index contributed by atoms with van der Waals surface area (Å²) in [6.45, 7) is 2.23. The van der Waals surface area contributed by atoms with Gasteiger partial charge in [0.15, 0.2) is 0 Å². The van der Waals surface area contributed by atoms with Gasteiger partial charge in [0.05, 0.1) is 0 Å². The molecule has 0 saturated carbocycles. The lowest BCUT2D eigenvalue weighted by Crippen LogP contribution is -2.30. The molecule has 4 rings (SSSR count). The maximum absolute atomic E-state index is 11.9. The Bertz CT molecular complexity index is 1030. The van der Waals surface area contributed by atoms with Crippen molar-refractivity contribution < 1.29 is 9.52 Å². The van der Waals surface area contributed by atoms with Crippen LogP contribution in [0.25, 0.3) is 11.0 Å². The van der Waals surface area contributed by atoms with Crippen LogP contribution in [0.1, 0.15) is 16.7 Å². The molecule has 25 heavy (non-hydrogen) atoms. The largest absolute Gasteiger partial charge is 0.508 e. The first-order valence-electron chi connectivity index (χ1n) is 7.95. The minimum absolute atomic E-state index is 0.0799. The molecule has 0 saturated heterocycles. The van der Waals surface area contributed by atoms with Gasteiger partial charge in [0.2, 0.25) is 0 Å². The molecule has 0 spiro atoms. The Labute approximate surface area is 157 Å².